The van der Waals surface area contributed by atoms with Crippen molar-refractivity contribution in [2.75, 3.05) is 13.1 Å². The quantitative estimate of drug-likeness (QED) is 0.274. The van der Waals surface area contributed by atoms with E-state index in [1.807, 2.05) is 0 Å². The molecule has 0 fully saturated rings. The fourth-order valence-electron chi connectivity index (χ4n) is 4.24. The third kappa shape index (κ3) is 4.96. The zero-order valence-corrected chi connectivity index (χ0v) is 23.4. The molecule has 6 amide bonds. The molecule has 0 atom stereocenters. The molecular weight excluding hydrogens is 513 g/mol. The summed E-state index contributed by atoms with van der Waals surface area (Å²) in [7, 11) is 0. The molecular formula is C28H18KN3O6. The average molecular weight is 532 g/mol. The smallest absolute Gasteiger partial charge is 0.587 e. The van der Waals surface area contributed by atoms with E-state index in [-0.39, 0.29) is 88.1 Å². The van der Waals surface area contributed by atoms with Gasteiger partial charge in [-0.3, -0.25) is 29.0 Å². The van der Waals surface area contributed by atoms with E-state index in [9.17, 15) is 28.8 Å². The average Bonchev–Trinajstić information content (AvgIpc) is 3.45. The van der Waals surface area contributed by atoms with Gasteiger partial charge in [0.2, 0.25) is 0 Å². The van der Waals surface area contributed by atoms with E-state index in [1.165, 1.54) is 0 Å². The molecule has 3 aromatic rings. The van der Waals surface area contributed by atoms with E-state index < -0.39 is 11.8 Å². The maximum absolute atomic E-state index is 12.3. The summed E-state index contributed by atoms with van der Waals surface area (Å²) in [4.78, 5) is 73.1. The molecule has 0 saturated carbocycles. The Morgan fingerprint density at radius 3 is 1.03 bits per heavy atom. The number of carbonyl (C=O) groups excluding carboxylic acids is 6. The van der Waals surface area contributed by atoms with E-state index in [0.29, 0.717) is 33.4 Å². The Kier molecular flexibility index (Phi) is 8.29. The van der Waals surface area contributed by atoms with Crippen molar-refractivity contribution in [1.82, 2.24) is 9.80 Å². The third-order valence-electron chi connectivity index (χ3n) is 6.09. The Balaban J connectivity index is 0.000000235. The zero-order valence-electron chi connectivity index (χ0n) is 20.3. The maximum atomic E-state index is 12.3. The van der Waals surface area contributed by atoms with Crippen LogP contribution in [0.1, 0.15) is 62.1 Å². The number of benzene rings is 3. The van der Waals surface area contributed by atoms with Crippen LogP contribution in [-0.2, 0) is 0 Å². The number of nitrogens with zero attached hydrogens (tertiary/aromatic N) is 3. The van der Waals surface area contributed by atoms with Crippen molar-refractivity contribution in [2.24, 2.45) is 0 Å². The minimum Gasteiger partial charge on any atom is -0.587 e. The number of hydrogen-bond donors (Lipinski definition) is 0. The van der Waals surface area contributed by atoms with Crippen LogP contribution in [0.15, 0.2) is 84.9 Å². The molecule has 0 saturated heterocycles. The second-order valence-electron chi connectivity index (χ2n) is 8.27. The summed E-state index contributed by atoms with van der Waals surface area (Å²) in [6.45, 7) is 0.186. The molecule has 3 aliphatic rings. The number of rotatable bonds is 4. The van der Waals surface area contributed by atoms with Crippen molar-refractivity contribution >= 4 is 35.4 Å². The van der Waals surface area contributed by atoms with Crippen molar-refractivity contribution in [3.05, 3.63) is 124 Å². The normalized spacial score (nSPS) is 15.2. The first-order valence-corrected chi connectivity index (χ1v) is 11.3. The molecule has 0 N–H and O–H groups in total. The molecule has 3 aromatic carbocycles. The van der Waals surface area contributed by atoms with E-state index in [4.69, 9.17) is 0 Å². The molecule has 3 heterocycles. The number of fused-ring (bicyclic) bond motifs is 3. The van der Waals surface area contributed by atoms with Crippen LogP contribution in [0, 0.1) is 0 Å². The first-order valence-electron chi connectivity index (χ1n) is 11.3. The van der Waals surface area contributed by atoms with Crippen molar-refractivity contribution in [1.29, 1.82) is 0 Å². The van der Waals surface area contributed by atoms with Crippen LogP contribution >= 0.6 is 0 Å². The number of imide groups is 3. The first kappa shape index (κ1) is 27.5. The molecule has 0 aliphatic carbocycles. The molecule has 0 radical (unpaired) electrons. The van der Waals surface area contributed by atoms with Gasteiger partial charge in [-0.2, -0.15) is 0 Å². The Bertz CT molecular complexity index is 1360. The van der Waals surface area contributed by atoms with Crippen molar-refractivity contribution in [3.63, 3.8) is 0 Å². The van der Waals surface area contributed by atoms with Gasteiger partial charge in [0.15, 0.2) is 0 Å². The van der Waals surface area contributed by atoms with E-state index in [1.54, 1.807) is 84.9 Å². The minimum atomic E-state index is -0.425. The van der Waals surface area contributed by atoms with Gasteiger partial charge in [0.25, 0.3) is 23.6 Å². The molecule has 3 aliphatic heterocycles. The van der Waals surface area contributed by atoms with Crippen LogP contribution < -0.4 is 51.4 Å². The Morgan fingerprint density at radius 2 is 0.737 bits per heavy atom. The Hall–Kier alpha value is -3.54. The summed E-state index contributed by atoms with van der Waals surface area (Å²) in [6, 6.07) is 20.0. The molecule has 0 unspecified atom stereocenters. The Morgan fingerprint density at radius 1 is 0.474 bits per heavy atom. The number of carbonyl (C=O) groups is 6. The van der Waals surface area contributed by atoms with Gasteiger partial charge in [-0.15, -0.1) is 0 Å². The van der Waals surface area contributed by atoms with Gasteiger partial charge in [0.1, 0.15) is 0 Å². The van der Waals surface area contributed by atoms with Crippen LogP contribution in [0.2, 0.25) is 0 Å². The van der Waals surface area contributed by atoms with Crippen molar-refractivity contribution < 1.29 is 80.2 Å². The van der Waals surface area contributed by atoms with Gasteiger partial charge in [-0.25, -0.2) is 0 Å². The zero-order chi connectivity index (χ0) is 26.1. The molecule has 10 heteroatoms. The van der Waals surface area contributed by atoms with Crippen LogP contribution in [0.25, 0.3) is 5.32 Å². The molecule has 0 spiro atoms. The number of hydrogen-bond acceptors (Lipinski definition) is 6. The second-order valence-corrected chi connectivity index (χ2v) is 8.27. The first-order chi connectivity index (χ1) is 17.9. The van der Waals surface area contributed by atoms with E-state index in [2.05, 4.69) is 5.32 Å². The van der Waals surface area contributed by atoms with Crippen LogP contribution in [0.5, 0.6) is 0 Å². The molecule has 38 heavy (non-hydrogen) atoms. The monoisotopic (exact) mass is 531 g/mol. The Labute approximate surface area is 259 Å². The molecule has 0 aromatic heterocycles. The second kappa shape index (κ2) is 11.5. The predicted octanol–water partition coefficient (Wildman–Crippen LogP) is 0.493. The van der Waals surface area contributed by atoms with Crippen molar-refractivity contribution in [3.8, 4) is 0 Å². The minimum absolute atomic E-state index is 0. The summed E-state index contributed by atoms with van der Waals surface area (Å²) in [6.07, 6.45) is 3.23. The summed E-state index contributed by atoms with van der Waals surface area (Å²) in [5, 5.41) is 3.28. The van der Waals surface area contributed by atoms with E-state index >= 15 is 0 Å². The largest absolute Gasteiger partial charge is 1.00 e. The van der Waals surface area contributed by atoms with Gasteiger partial charge in [0, 0.05) is 24.2 Å². The van der Waals surface area contributed by atoms with Crippen LogP contribution in [-0.4, -0.2) is 58.3 Å². The fraction of sp³-hybridized carbons (Fsp3) is 0.0714. The predicted molar refractivity (Wildman–Crippen MR) is 131 cm³/mol. The topological polar surface area (TPSA) is 123 Å². The summed E-state index contributed by atoms with van der Waals surface area (Å²) >= 11 is 0. The summed E-state index contributed by atoms with van der Waals surface area (Å²) in [5.41, 5.74) is 2.41. The maximum Gasteiger partial charge on any atom is 1.00 e. The van der Waals surface area contributed by atoms with Crippen molar-refractivity contribution in [2.45, 2.75) is 0 Å². The van der Waals surface area contributed by atoms with Gasteiger partial charge in [-0.05, 0) is 24.3 Å². The SMILES string of the molecule is O=C1[N-]C(=O)c2ccccc21.O=C1c2ccccc2C(=O)N1C/C=C\CN1C(=O)c2ccccc2C1=O.[K+]. The van der Waals surface area contributed by atoms with Gasteiger partial charge in [0.05, 0.1) is 34.1 Å². The standard InChI is InChI=1S/C20H14N2O4.C8H5NO2.K/c23-17-13-7-1-2-8-14(13)18(24)21(17)11-5-6-12-22-19(25)15-9-3-4-10-16(15)20(22)26;10-7-5-3-1-2-4-6(5)8(11)9-7;/h1-10H,11-12H2;1-4H,(H,9,10,11);/q;;+1/p-1/b6-5-;;. The molecule has 6 rings (SSSR count). The summed E-state index contributed by atoms with van der Waals surface area (Å²) < 4.78 is 0. The summed E-state index contributed by atoms with van der Waals surface area (Å²) in [5.74, 6) is -2.20. The van der Waals surface area contributed by atoms with Gasteiger partial charge >= 0.3 is 51.4 Å². The van der Waals surface area contributed by atoms with Gasteiger partial charge < -0.3 is 14.9 Å². The molecule has 0 bridgehead atoms. The van der Waals surface area contributed by atoms with Crippen LogP contribution in [0.4, 0.5) is 0 Å². The molecule has 182 valence electrons. The molecule has 9 nitrogen and oxygen atoms in total. The van der Waals surface area contributed by atoms with E-state index in [0.717, 1.165) is 9.80 Å². The van der Waals surface area contributed by atoms with Crippen LogP contribution in [0.3, 0.4) is 0 Å². The fourth-order valence-corrected chi connectivity index (χ4v) is 4.24. The number of amides is 6. The third-order valence-corrected chi connectivity index (χ3v) is 6.09. The van der Waals surface area contributed by atoms with Gasteiger partial charge in [-0.1, -0.05) is 60.7 Å².